The SMILES string of the molecule is NC(=O)c1cccnc1[C@@H]1CCc2c(Cl)cccc21. The van der Waals surface area contributed by atoms with E-state index in [2.05, 4.69) is 11.1 Å². The summed E-state index contributed by atoms with van der Waals surface area (Å²) in [6, 6.07) is 9.35. The highest BCUT2D eigenvalue weighted by Crippen LogP contribution is 2.41. The molecule has 2 aromatic rings. The summed E-state index contributed by atoms with van der Waals surface area (Å²) >= 11 is 6.21. The zero-order valence-electron chi connectivity index (χ0n) is 10.3. The third kappa shape index (κ3) is 2.00. The van der Waals surface area contributed by atoms with E-state index in [0.29, 0.717) is 5.56 Å². The lowest BCUT2D eigenvalue weighted by atomic mass is 9.94. The van der Waals surface area contributed by atoms with Crippen molar-refractivity contribution in [3.63, 3.8) is 0 Å². The molecule has 96 valence electrons. The molecular weight excluding hydrogens is 260 g/mol. The van der Waals surface area contributed by atoms with Gasteiger partial charge in [0.15, 0.2) is 0 Å². The third-order valence-corrected chi connectivity index (χ3v) is 4.00. The van der Waals surface area contributed by atoms with Gasteiger partial charge in [0.2, 0.25) is 0 Å². The van der Waals surface area contributed by atoms with E-state index in [-0.39, 0.29) is 5.92 Å². The van der Waals surface area contributed by atoms with E-state index in [9.17, 15) is 4.79 Å². The molecule has 0 saturated heterocycles. The van der Waals surface area contributed by atoms with Gasteiger partial charge in [0.25, 0.3) is 5.91 Å². The van der Waals surface area contributed by atoms with E-state index in [4.69, 9.17) is 17.3 Å². The Hall–Kier alpha value is -1.87. The molecule has 4 heteroatoms. The molecule has 0 unspecified atom stereocenters. The summed E-state index contributed by atoms with van der Waals surface area (Å²) in [5.41, 5.74) is 9.01. The number of halogens is 1. The zero-order chi connectivity index (χ0) is 13.4. The molecule has 0 radical (unpaired) electrons. The lowest BCUT2D eigenvalue weighted by molar-refractivity contribution is 0.0998. The summed E-state index contributed by atoms with van der Waals surface area (Å²) in [6.45, 7) is 0. The minimum absolute atomic E-state index is 0.109. The normalized spacial score (nSPS) is 17.2. The van der Waals surface area contributed by atoms with Gasteiger partial charge in [-0.2, -0.15) is 0 Å². The maximum Gasteiger partial charge on any atom is 0.250 e. The summed E-state index contributed by atoms with van der Waals surface area (Å²) in [5.74, 6) is -0.323. The maximum atomic E-state index is 11.5. The maximum absolute atomic E-state index is 11.5. The highest BCUT2D eigenvalue weighted by atomic mass is 35.5. The number of nitrogens with zero attached hydrogens (tertiary/aromatic N) is 1. The van der Waals surface area contributed by atoms with Crippen LogP contribution in [0.1, 0.15) is 39.5 Å². The van der Waals surface area contributed by atoms with Crippen LogP contribution in [-0.4, -0.2) is 10.9 Å². The number of amides is 1. The van der Waals surface area contributed by atoms with E-state index >= 15 is 0 Å². The number of carbonyl (C=O) groups is 1. The van der Waals surface area contributed by atoms with Crippen LogP contribution >= 0.6 is 11.6 Å². The second-order valence-electron chi connectivity index (χ2n) is 4.70. The molecule has 19 heavy (non-hydrogen) atoms. The van der Waals surface area contributed by atoms with Crippen LogP contribution in [0.15, 0.2) is 36.5 Å². The largest absolute Gasteiger partial charge is 0.366 e. The standard InChI is InChI=1S/C15H13ClN2O/c16-13-5-1-3-9-10(13)6-7-11(9)14-12(15(17)19)4-2-8-18-14/h1-5,8,11H,6-7H2,(H2,17,19)/t11-/m1/s1. The number of primary amides is 1. The number of aromatic nitrogens is 1. The van der Waals surface area contributed by atoms with Crippen molar-refractivity contribution in [1.82, 2.24) is 4.98 Å². The number of pyridine rings is 1. The summed E-state index contributed by atoms with van der Waals surface area (Å²) < 4.78 is 0. The molecule has 2 N–H and O–H groups in total. The van der Waals surface area contributed by atoms with Crippen molar-refractivity contribution >= 4 is 17.5 Å². The van der Waals surface area contributed by atoms with Gasteiger partial charge in [0.05, 0.1) is 11.3 Å². The molecule has 0 spiro atoms. The van der Waals surface area contributed by atoms with Crippen LogP contribution in [0.5, 0.6) is 0 Å². The van der Waals surface area contributed by atoms with Gasteiger partial charge in [-0.25, -0.2) is 0 Å². The van der Waals surface area contributed by atoms with Crippen LogP contribution in [0.25, 0.3) is 0 Å². The first-order valence-electron chi connectivity index (χ1n) is 6.20. The van der Waals surface area contributed by atoms with Gasteiger partial charge in [-0.15, -0.1) is 0 Å². The van der Waals surface area contributed by atoms with E-state index < -0.39 is 5.91 Å². The predicted molar refractivity (Wildman–Crippen MR) is 74.4 cm³/mol. The average Bonchev–Trinajstić information content (AvgIpc) is 2.84. The fraction of sp³-hybridized carbons (Fsp3) is 0.200. The van der Waals surface area contributed by atoms with Crippen LogP contribution < -0.4 is 5.73 Å². The Labute approximate surface area is 116 Å². The van der Waals surface area contributed by atoms with Crippen molar-refractivity contribution in [2.75, 3.05) is 0 Å². The molecule has 1 aromatic heterocycles. The second-order valence-corrected chi connectivity index (χ2v) is 5.11. The minimum Gasteiger partial charge on any atom is -0.366 e. The van der Waals surface area contributed by atoms with Crippen LogP contribution in [0, 0.1) is 0 Å². The Morgan fingerprint density at radius 1 is 1.32 bits per heavy atom. The summed E-state index contributed by atoms with van der Waals surface area (Å²) in [4.78, 5) is 15.9. The molecule has 1 aliphatic rings. The first kappa shape index (κ1) is 12.2. The molecule has 1 atom stereocenters. The van der Waals surface area contributed by atoms with Crippen molar-refractivity contribution in [2.24, 2.45) is 5.73 Å². The van der Waals surface area contributed by atoms with Crippen molar-refractivity contribution in [1.29, 1.82) is 0 Å². The fourth-order valence-electron chi connectivity index (χ4n) is 2.80. The lowest BCUT2D eigenvalue weighted by Gasteiger charge is -2.14. The molecule has 0 fully saturated rings. The van der Waals surface area contributed by atoms with Gasteiger partial charge in [0.1, 0.15) is 0 Å². The van der Waals surface area contributed by atoms with Gasteiger partial charge in [0, 0.05) is 17.1 Å². The van der Waals surface area contributed by atoms with Gasteiger partial charge >= 0.3 is 0 Å². The topological polar surface area (TPSA) is 56.0 Å². The number of nitrogens with two attached hydrogens (primary N) is 1. The molecule has 0 aliphatic heterocycles. The lowest BCUT2D eigenvalue weighted by Crippen LogP contribution is -2.16. The smallest absolute Gasteiger partial charge is 0.250 e. The molecule has 1 aliphatic carbocycles. The molecule has 0 saturated carbocycles. The number of hydrogen-bond donors (Lipinski definition) is 1. The van der Waals surface area contributed by atoms with Crippen LogP contribution in [0.4, 0.5) is 0 Å². The molecule has 1 aromatic carbocycles. The predicted octanol–water partition coefficient (Wildman–Crippen LogP) is 2.91. The number of rotatable bonds is 2. The van der Waals surface area contributed by atoms with Gasteiger partial charge in [-0.1, -0.05) is 23.7 Å². The van der Waals surface area contributed by atoms with Crippen molar-refractivity contribution in [2.45, 2.75) is 18.8 Å². The first-order chi connectivity index (χ1) is 9.18. The molecule has 0 bridgehead atoms. The highest BCUT2D eigenvalue weighted by Gasteiger charge is 2.29. The van der Waals surface area contributed by atoms with E-state index in [1.807, 2.05) is 12.1 Å². The Balaban J connectivity index is 2.12. The van der Waals surface area contributed by atoms with Crippen molar-refractivity contribution in [3.05, 3.63) is 63.9 Å². The van der Waals surface area contributed by atoms with Gasteiger partial charge in [-0.3, -0.25) is 9.78 Å². The Bertz CT molecular complexity index is 654. The Morgan fingerprint density at radius 3 is 2.95 bits per heavy atom. The van der Waals surface area contributed by atoms with E-state index in [1.54, 1.807) is 18.3 Å². The zero-order valence-corrected chi connectivity index (χ0v) is 11.0. The van der Waals surface area contributed by atoms with Gasteiger partial charge < -0.3 is 5.73 Å². The summed E-state index contributed by atoms with van der Waals surface area (Å²) in [6.07, 6.45) is 3.52. The van der Waals surface area contributed by atoms with Crippen molar-refractivity contribution < 1.29 is 4.79 Å². The fourth-order valence-corrected chi connectivity index (χ4v) is 3.07. The Kier molecular flexibility index (Phi) is 2.99. The number of carbonyl (C=O) groups excluding carboxylic acids is 1. The first-order valence-corrected chi connectivity index (χ1v) is 6.58. The van der Waals surface area contributed by atoms with Crippen molar-refractivity contribution in [3.8, 4) is 0 Å². The minimum atomic E-state index is -0.432. The monoisotopic (exact) mass is 272 g/mol. The second kappa shape index (κ2) is 4.67. The molecule has 3 nitrogen and oxygen atoms in total. The molecule has 1 amide bonds. The van der Waals surface area contributed by atoms with E-state index in [0.717, 1.165) is 34.7 Å². The average molecular weight is 273 g/mol. The quantitative estimate of drug-likeness (QED) is 0.914. The third-order valence-electron chi connectivity index (χ3n) is 3.65. The summed E-state index contributed by atoms with van der Waals surface area (Å²) in [7, 11) is 0. The highest BCUT2D eigenvalue weighted by molar-refractivity contribution is 6.31. The van der Waals surface area contributed by atoms with Crippen LogP contribution in [0.2, 0.25) is 5.02 Å². The van der Waals surface area contributed by atoms with Gasteiger partial charge in [-0.05, 0) is 42.2 Å². The van der Waals surface area contributed by atoms with Crippen LogP contribution in [-0.2, 0) is 6.42 Å². The number of benzene rings is 1. The van der Waals surface area contributed by atoms with E-state index in [1.165, 1.54) is 0 Å². The molecule has 3 rings (SSSR count). The Morgan fingerprint density at radius 2 is 2.16 bits per heavy atom. The summed E-state index contributed by atoms with van der Waals surface area (Å²) in [5, 5.41) is 0.788. The number of fused-ring (bicyclic) bond motifs is 1. The van der Waals surface area contributed by atoms with Crippen LogP contribution in [0.3, 0.4) is 0 Å². The molecular formula is C15H13ClN2O. The molecule has 1 heterocycles. The number of hydrogen-bond acceptors (Lipinski definition) is 2.